The summed E-state index contributed by atoms with van der Waals surface area (Å²) in [5.74, 6) is -0.825. The van der Waals surface area contributed by atoms with Crippen molar-refractivity contribution in [1.29, 1.82) is 0 Å². The maximum Gasteiger partial charge on any atom is 0.265 e. The summed E-state index contributed by atoms with van der Waals surface area (Å²) in [5.41, 5.74) is 0.0761. The Bertz CT molecular complexity index is 899. The molecule has 0 unspecified atom stereocenters. The van der Waals surface area contributed by atoms with Crippen LogP contribution in [0.5, 0.6) is 5.75 Å². The van der Waals surface area contributed by atoms with Gasteiger partial charge < -0.3 is 9.67 Å². The summed E-state index contributed by atoms with van der Waals surface area (Å²) in [6.07, 6.45) is 2.91. The van der Waals surface area contributed by atoms with Crippen molar-refractivity contribution >= 4 is 16.7 Å². The van der Waals surface area contributed by atoms with E-state index in [1.54, 1.807) is 43.4 Å². The lowest BCUT2D eigenvalue weighted by molar-refractivity contribution is 0.103. The number of hydrogen-bond acceptors (Lipinski definition) is 4. The van der Waals surface area contributed by atoms with Gasteiger partial charge in [-0.2, -0.15) is 0 Å². The molecule has 0 amide bonds. The van der Waals surface area contributed by atoms with Gasteiger partial charge in [-0.15, -0.1) is 0 Å². The lowest BCUT2D eigenvalue weighted by Gasteiger charge is -2.10. The molecular weight excluding hydrogens is 268 g/mol. The second-order valence-electron chi connectivity index (χ2n) is 4.68. The summed E-state index contributed by atoms with van der Waals surface area (Å²) in [4.78, 5) is 28.7. The zero-order valence-corrected chi connectivity index (χ0v) is 11.3. The number of aryl methyl sites for hydroxylation is 1. The molecule has 0 aliphatic heterocycles. The Labute approximate surface area is 120 Å². The number of hydrogen-bond donors (Lipinski definition) is 1. The Morgan fingerprint density at radius 2 is 1.95 bits per heavy atom. The molecule has 0 saturated heterocycles. The first kappa shape index (κ1) is 13.1. The fourth-order valence-corrected chi connectivity index (χ4v) is 2.33. The smallest absolute Gasteiger partial charge is 0.265 e. The molecule has 0 aliphatic carbocycles. The van der Waals surface area contributed by atoms with Gasteiger partial charge in [0.15, 0.2) is 0 Å². The van der Waals surface area contributed by atoms with E-state index < -0.39 is 11.3 Å². The molecule has 0 fully saturated rings. The van der Waals surface area contributed by atoms with Crippen LogP contribution < -0.4 is 5.56 Å². The number of aromatic nitrogens is 2. The van der Waals surface area contributed by atoms with E-state index in [0.717, 1.165) is 0 Å². The summed E-state index contributed by atoms with van der Waals surface area (Å²) >= 11 is 0. The summed E-state index contributed by atoms with van der Waals surface area (Å²) < 4.78 is 1.36. The number of fused-ring (bicyclic) bond motifs is 1. The Hall–Kier alpha value is -2.95. The second kappa shape index (κ2) is 4.86. The van der Waals surface area contributed by atoms with Crippen LogP contribution in [0.2, 0.25) is 0 Å². The van der Waals surface area contributed by atoms with E-state index in [1.165, 1.54) is 17.0 Å². The van der Waals surface area contributed by atoms with E-state index in [1.807, 2.05) is 0 Å². The number of para-hydroxylation sites is 1. The number of nitrogens with zero attached hydrogens (tertiary/aromatic N) is 2. The van der Waals surface area contributed by atoms with Crippen molar-refractivity contribution in [3.8, 4) is 5.75 Å². The Kier molecular flexibility index (Phi) is 3.02. The number of pyridine rings is 2. The minimum atomic E-state index is -0.535. The van der Waals surface area contributed by atoms with Crippen LogP contribution in [0.3, 0.4) is 0 Å². The molecular formula is C16H12N2O3. The molecule has 0 spiro atoms. The van der Waals surface area contributed by atoms with Crippen LogP contribution in [-0.4, -0.2) is 20.4 Å². The topological polar surface area (TPSA) is 72.2 Å². The molecule has 2 heterocycles. The Morgan fingerprint density at radius 1 is 1.19 bits per heavy atom. The van der Waals surface area contributed by atoms with Gasteiger partial charge in [0.1, 0.15) is 11.3 Å². The molecule has 21 heavy (non-hydrogen) atoms. The zero-order valence-electron chi connectivity index (χ0n) is 11.3. The predicted octanol–water partition coefficient (Wildman–Crippen LogP) is 1.87. The summed E-state index contributed by atoms with van der Waals surface area (Å²) in [6, 6.07) is 10.1. The number of aromatic hydroxyl groups is 1. The number of ketones is 1. The third kappa shape index (κ3) is 1.99. The van der Waals surface area contributed by atoms with Crippen LogP contribution in [0.15, 0.2) is 53.6 Å². The molecule has 104 valence electrons. The van der Waals surface area contributed by atoms with Crippen molar-refractivity contribution in [2.45, 2.75) is 0 Å². The SMILES string of the molecule is Cn1c(=O)c(C(=O)c2cccnc2)c(O)c2ccccc21. The highest BCUT2D eigenvalue weighted by Crippen LogP contribution is 2.27. The van der Waals surface area contributed by atoms with E-state index >= 15 is 0 Å². The number of carbonyl (C=O) groups excluding carboxylic acids is 1. The van der Waals surface area contributed by atoms with Gasteiger partial charge in [0.25, 0.3) is 5.56 Å². The third-order valence-corrected chi connectivity index (χ3v) is 3.43. The van der Waals surface area contributed by atoms with Crippen molar-refractivity contribution in [2.75, 3.05) is 0 Å². The van der Waals surface area contributed by atoms with Crippen molar-refractivity contribution in [1.82, 2.24) is 9.55 Å². The molecule has 1 aromatic carbocycles. The van der Waals surface area contributed by atoms with Crippen molar-refractivity contribution in [3.05, 3.63) is 70.3 Å². The summed E-state index contributed by atoms with van der Waals surface area (Å²) in [5, 5.41) is 10.8. The van der Waals surface area contributed by atoms with E-state index in [0.29, 0.717) is 10.9 Å². The average molecular weight is 280 g/mol. The predicted molar refractivity (Wildman–Crippen MR) is 78.5 cm³/mol. The third-order valence-electron chi connectivity index (χ3n) is 3.43. The summed E-state index contributed by atoms with van der Waals surface area (Å²) in [6.45, 7) is 0. The number of rotatable bonds is 2. The lowest BCUT2D eigenvalue weighted by Crippen LogP contribution is -2.25. The molecule has 0 radical (unpaired) electrons. The maximum atomic E-state index is 12.5. The molecule has 0 aliphatic rings. The van der Waals surface area contributed by atoms with Crippen LogP contribution in [0, 0.1) is 0 Å². The van der Waals surface area contributed by atoms with Gasteiger partial charge in [-0.25, -0.2) is 0 Å². The highest BCUT2D eigenvalue weighted by Gasteiger charge is 2.22. The maximum absolute atomic E-state index is 12.5. The Balaban J connectivity index is 2.34. The molecule has 2 aromatic heterocycles. The van der Waals surface area contributed by atoms with Gasteiger partial charge in [-0.1, -0.05) is 12.1 Å². The molecule has 0 saturated carbocycles. The van der Waals surface area contributed by atoms with E-state index in [-0.39, 0.29) is 16.9 Å². The van der Waals surface area contributed by atoms with Crippen molar-refractivity contribution < 1.29 is 9.90 Å². The number of carbonyl (C=O) groups is 1. The van der Waals surface area contributed by atoms with E-state index in [4.69, 9.17) is 0 Å². The van der Waals surface area contributed by atoms with Gasteiger partial charge in [0, 0.05) is 30.4 Å². The molecule has 5 heteroatoms. The minimum absolute atomic E-state index is 0.232. The van der Waals surface area contributed by atoms with Gasteiger partial charge >= 0.3 is 0 Å². The van der Waals surface area contributed by atoms with Crippen molar-refractivity contribution in [2.24, 2.45) is 7.05 Å². The number of benzene rings is 1. The highest BCUT2D eigenvalue weighted by molar-refractivity contribution is 6.12. The van der Waals surface area contributed by atoms with Gasteiger partial charge in [0.2, 0.25) is 5.78 Å². The molecule has 1 N–H and O–H groups in total. The van der Waals surface area contributed by atoms with Crippen LogP contribution in [0.25, 0.3) is 10.9 Å². The lowest BCUT2D eigenvalue weighted by atomic mass is 10.0. The van der Waals surface area contributed by atoms with Crippen LogP contribution in [0.1, 0.15) is 15.9 Å². The van der Waals surface area contributed by atoms with Gasteiger partial charge in [-0.05, 0) is 24.3 Å². The van der Waals surface area contributed by atoms with E-state index in [9.17, 15) is 14.7 Å². The standard InChI is InChI=1S/C16H12N2O3/c1-18-12-7-3-2-6-11(12)15(20)13(16(18)21)14(19)10-5-4-8-17-9-10/h2-9,20H,1H3. The van der Waals surface area contributed by atoms with Crippen LogP contribution in [-0.2, 0) is 7.05 Å². The molecule has 3 rings (SSSR count). The summed E-state index contributed by atoms with van der Waals surface area (Å²) in [7, 11) is 1.57. The van der Waals surface area contributed by atoms with Gasteiger partial charge in [-0.3, -0.25) is 14.6 Å². The first-order valence-corrected chi connectivity index (χ1v) is 6.36. The highest BCUT2D eigenvalue weighted by atomic mass is 16.3. The van der Waals surface area contributed by atoms with Gasteiger partial charge in [0.05, 0.1) is 5.52 Å². The normalized spacial score (nSPS) is 10.7. The first-order valence-electron chi connectivity index (χ1n) is 6.36. The average Bonchev–Trinajstić information content (AvgIpc) is 2.53. The molecule has 0 bridgehead atoms. The van der Waals surface area contributed by atoms with Crippen LogP contribution in [0.4, 0.5) is 0 Å². The fourth-order valence-electron chi connectivity index (χ4n) is 2.33. The molecule has 3 aromatic rings. The largest absolute Gasteiger partial charge is 0.506 e. The monoisotopic (exact) mass is 280 g/mol. The second-order valence-corrected chi connectivity index (χ2v) is 4.68. The Morgan fingerprint density at radius 3 is 2.67 bits per heavy atom. The minimum Gasteiger partial charge on any atom is -0.506 e. The zero-order chi connectivity index (χ0) is 15.0. The van der Waals surface area contributed by atoms with Crippen LogP contribution >= 0.6 is 0 Å². The first-order chi connectivity index (χ1) is 10.1. The molecule has 0 atom stereocenters. The van der Waals surface area contributed by atoms with E-state index in [2.05, 4.69) is 4.98 Å². The van der Waals surface area contributed by atoms with Crippen molar-refractivity contribution in [3.63, 3.8) is 0 Å². The molecule has 5 nitrogen and oxygen atoms in total. The fraction of sp³-hybridized carbons (Fsp3) is 0.0625. The quantitative estimate of drug-likeness (QED) is 0.727.